The number of halogens is 4. The van der Waals surface area contributed by atoms with Gasteiger partial charge < -0.3 is 15.4 Å². The lowest BCUT2D eigenvalue weighted by atomic mass is 9.97. The Balaban J connectivity index is 1.90. The predicted octanol–water partition coefficient (Wildman–Crippen LogP) is 3.58. The summed E-state index contributed by atoms with van der Waals surface area (Å²) in [6.45, 7) is 0.217. The van der Waals surface area contributed by atoms with Crippen LogP contribution in [0.1, 0.15) is 23.6 Å². The Morgan fingerprint density at radius 2 is 1.89 bits per heavy atom. The molecule has 1 aliphatic heterocycles. The first-order chi connectivity index (χ1) is 13.2. The van der Waals surface area contributed by atoms with Crippen molar-refractivity contribution < 1.29 is 27.5 Å². The van der Waals surface area contributed by atoms with Crippen molar-refractivity contribution in [2.24, 2.45) is 5.92 Å². The third-order valence-corrected chi connectivity index (χ3v) is 4.52. The molecule has 9 heteroatoms. The van der Waals surface area contributed by atoms with Crippen LogP contribution in [0, 0.1) is 5.92 Å². The molecule has 2 unspecified atom stereocenters. The molecule has 1 heterocycles. The van der Waals surface area contributed by atoms with Gasteiger partial charge in [0.2, 0.25) is 11.8 Å². The second-order valence-electron chi connectivity index (χ2n) is 6.32. The molecule has 0 aliphatic carbocycles. The first-order valence-electron chi connectivity index (χ1n) is 8.39. The maximum atomic E-state index is 12.6. The summed E-state index contributed by atoms with van der Waals surface area (Å²) >= 11 is 5.91. The third-order valence-electron chi connectivity index (χ3n) is 4.26. The fourth-order valence-electron chi connectivity index (χ4n) is 2.96. The van der Waals surface area contributed by atoms with Gasteiger partial charge in [0.25, 0.3) is 0 Å². The zero-order valence-electron chi connectivity index (χ0n) is 14.4. The Kier molecular flexibility index (Phi) is 5.79. The fourth-order valence-corrected chi connectivity index (χ4v) is 3.08. The van der Waals surface area contributed by atoms with Gasteiger partial charge in [-0.1, -0.05) is 35.9 Å². The Morgan fingerprint density at radius 1 is 1.18 bits per heavy atom. The fraction of sp³-hybridized carbons (Fsp3) is 0.263. The lowest BCUT2D eigenvalue weighted by molar-refractivity contribution is -0.274. The van der Waals surface area contributed by atoms with E-state index in [-0.39, 0.29) is 24.8 Å². The summed E-state index contributed by atoms with van der Waals surface area (Å²) in [6, 6.07) is 11.2. The van der Waals surface area contributed by atoms with Crippen molar-refractivity contribution in [1.82, 2.24) is 10.6 Å². The molecule has 1 fully saturated rings. The number of carbonyl (C=O) groups excluding carboxylic acids is 2. The maximum Gasteiger partial charge on any atom is 0.573 e. The van der Waals surface area contributed by atoms with Gasteiger partial charge in [-0.3, -0.25) is 9.59 Å². The molecule has 2 aromatic carbocycles. The number of carbonyl (C=O) groups is 2. The Bertz CT molecular complexity index is 871. The smallest absolute Gasteiger partial charge is 0.406 e. The molecule has 0 radical (unpaired) electrons. The number of alkyl halides is 3. The van der Waals surface area contributed by atoms with Gasteiger partial charge in [0.1, 0.15) is 5.75 Å². The summed E-state index contributed by atoms with van der Waals surface area (Å²) in [5, 5.41) is 5.87. The van der Waals surface area contributed by atoms with E-state index in [9.17, 15) is 22.8 Å². The number of benzene rings is 2. The molecule has 28 heavy (non-hydrogen) atoms. The van der Waals surface area contributed by atoms with Gasteiger partial charge in [0.05, 0.1) is 12.0 Å². The molecule has 2 amide bonds. The van der Waals surface area contributed by atoms with Gasteiger partial charge in [-0.05, 0) is 35.4 Å². The number of ether oxygens (including phenoxy) is 1. The lowest BCUT2D eigenvalue weighted by Gasteiger charge is -2.22. The molecular weight excluding hydrogens is 397 g/mol. The minimum Gasteiger partial charge on any atom is -0.406 e. The third kappa shape index (κ3) is 5.16. The zero-order chi connectivity index (χ0) is 20.3. The van der Waals surface area contributed by atoms with Crippen molar-refractivity contribution in [3.05, 3.63) is 64.7 Å². The highest BCUT2D eigenvalue weighted by Crippen LogP contribution is 2.29. The number of rotatable bonds is 5. The Labute approximate surface area is 163 Å². The van der Waals surface area contributed by atoms with E-state index in [0.717, 1.165) is 0 Å². The van der Waals surface area contributed by atoms with Gasteiger partial charge in [0.15, 0.2) is 0 Å². The van der Waals surface area contributed by atoms with Crippen LogP contribution in [0.5, 0.6) is 5.75 Å². The van der Waals surface area contributed by atoms with E-state index in [1.807, 2.05) is 0 Å². The Morgan fingerprint density at radius 3 is 2.50 bits per heavy atom. The van der Waals surface area contributed by atoms with Crippen LogP contribution >= 0.6 is 11.6 Å². The molecule has 2 N–H and O–H groups in total. The van der Waals surface area contributed by atoms with Crippen molar-refractivity contribution in [3.63, 3.8) is 0 Å². The van der Waals surface area contributed by atoms with E-state index < -0.39 is 24.1 Å². The largest absolute Gasteiger partial charge is 0.573 e. The topological polar surface area (TPSA) is 67.4 Å². The van der Waals surface area contributed by atoms with Crippen LogP contribution < -0.4 is 15.4 Å². The lowest BCUT2D eigenvalue weighted by Crippen LogP contribution is -2.35. The van der Waals surface area contributed by atoms with Crippen molar-refractivity contribution in [1.29, 1.82) is 0 Å². The van der Waals surface area contributed by atoms with Crippen molar-refractivity contribution in [2.75, 3.05) is 6.54 Å². The van der Waals surface area contributed by atoms with Crippen molar-refractivity contribution in [2.45, 2.75) is 18.8 Å². The standard InChI is InChI=1S/C19H16ClF3N2O3/c20-14-6-4-11(5-7-14)17(25-18(27)13-9-16(26)24-10-13)12-2-1-3-15(8-12)28-19(21,22)23/h1-8,13,17H,9-10H2,(H,24,26)(H,25,27). The number of hydrogen-bond donors (Lipinski definition) is 2. The number of amides is 2. The molecule has 0 aromatic heterocycles. The van der Waals surface area contributed by atoms with E-state index in [1.165, 1.54) is 18.2 Å². The summed E-state index contributed by atoms with van der Waals surface area (Å²) < 4.78 is 41.6. The van der Waals surface area contributed by atoms with E-state index in [2.05, 4.69) is 15.4 Å². The molecule has 0 spiro atoms. The van der Waals surface area contributed by atoms with Crippen molar-refractivity contribution >= 4 is 23.4 Å². The van der Waals surface area contributed by atoms with Crippen LogP contribution in [0.2, 0.25) is 5.02 Å². The van der Waals surface area contributed by atoms with Gasteiger partial charge in [-0.25, -0.2) is 0 Å². The van der Waals surface area contributed by atoms with Crippen LogP contribution in [0.25, 0.3) is 0 Å². The molecule has 0 bridgehead atoms. The quantitative estimate of drug-likeness (QED) is 0.788. The molecule has 2 atom stereocenters. The van der Waals surface area contributed by atoms with Crippen LogP contribution in [-0.4, -0.2) is 24.7 Å². The average molecular weight is 413 g/mol. The van der Waals surface area contributed by atoms with E-state index in [0.29, 0.717) is 16.1 Å². The SMILES string of the molecule is O=C1CC(C(=O)NC(c2ccc(Cl)cc2)c2cccc(OC(F)(F)F)c2)CN1. The minimum absolute atomic E-state index is 0.0659. The number of hydrogen-bond acceptors (Lipinski definition) is 3. The van der Waals surface area contributed by atoms with Gasteiger partial charge >= 0.3 is 6.36 Å². The van der Waals surface area contributed by atoms with E-state index in [4.69, 9.17) is 11.6 Å². The van der Waals surface area contributed by atoms with Gasteiger partial charge in [-0.2, -0.15) is 0 Å². The van der Waals surface area contributed by atoms with Crippen LogP contribution in [0.15, 0.2) is 48.5 Å². The highest BCUT2D eigenvalue weighted by molar-refractivity contribution is 6.30. The summed E-state index contributed by atoms with van der Waals surface area (Å²) in [4.78, 5) is 24.0. The van der Waals surface area contributed by atoms with E-state index in [1.54, 1.807) is 30.3 Å². The predicted molar refractivity (Wildman–Crippen MR) is 95.7 cm³/mol. The minimum atomic E-state index is -4.83. The molecular formula is C19H16ClF3N2O3. The van der Waals surface area contributed by atoms with Crippen molar-refractivity contribution in [3.8, 4) is 5.75 Å². The monoisotopic (exact) mass is 412 g/mol. The van der Waals surface area contributed by atoms with Crippen LogP contribution in [-0.2, 0) is 9.59 Å². The summed E-state index contributed by atoms with van der Waals surface area (Å²) in [6.07, 6.45) is -4.76. The summed E-state index contributed by atoms with van der Waals surface area (Å²) in [5.74, 6) is -1.53. The molecule has 5 nitrogen and oxygen atoms in total. The van der Waals surface area contributed by atoms with Gasteiger partial charge in [0, 0.05) is 18.0 Å². The maximum absolute atomic E-state index is 12.6. The van der Waals surface area contributed by atoms with Crippen LogP contribution in [0.4, 0.5) is 13.2 Å². The van der Waals surface area contributed by atoms with Crippen LogP contribution in [0.3, 0.4) is 0 Å². The van der Waals surface area contributed by atoms with E-state index >= 15 is 0 Å². The molecule has 3 rings (SSSR count). The van der Waals surface area contributed by atoms with Gasteiger partial charge in [-0.15, -0.1) is 13.2 Å². The zero-order valence-corrected chi connectivity index (χ0v) is 15.2. The summed E-state index contributed by atoms with van der Waals surface area (Å²) in [5.41, 5.74) is 1.02. The highest BCUT2D eigenvalue weighted by Gasteiger charge is 2.32. The second kappa shape index (κ2) is 8.10. The normalized spacial score (nSPS) is 17.7. The average Bonchev–Trinajstić information content (AvgIpc) is 3.06. The summed E-state index contributed by atoms with van der Waals surface area (Å²) in [7, 11) is 0. The first kappa shape index (κ1) is 20.0. The molecule has 0 saturated carbocycles. The Hall–Kier alpha value is -2.74. The second-order valence-corrected chi connectivity index (χ2v) is 6.76. The molecule has 148 valence electrons. The number of nitrogens with one attached hydrogen (secondary N) is 2. The molecule has 1 saturated heterocycles. The molecule has 1 aliphatic rings. The molecule has 2 aromatic rings. The first-order valence-corrected chi connectivity index (χ1v) is 8.77. The highest BCUT2D eigenvalue weighted by atomic mass is 35.5.